The first-order chi connectivity index (χ1) is 24.8. The van der Waals surface area contributed by atoms with E-state index in [4.69, 9.17) is 15.0 Å². The second kappa shape index (κ2) is 10.2. The van der Waals surface area contributed by atoms with Crippen LogP contribution in [0.2, 0.25) is 0 Å². The topological polar surface area (TPSA) is 43.6 Å². The third-order valence-corrected chi connectivity index (χ3v) is 10.7. The minimum Gasteiger partial charge on any atom is -0.277 e. The van der Waals surface area contributed by atoms with Crippen molar-refractivity contribution in [1.29, 1.82) is 0 Å². The molecular weight excluding hydrogens is 609 g/mol. The highest BCUT2D eigenvalue weighted by Gasteiger charge is 2.52. The second-order valence-corrected chi connectivity index (χ2v) is 13.1. The Morgan fingerprint density at radius 2 is 0.880 bits per heavy atom. The van der Waals surface area contributed by atoms with Crippen LogP contribution in [0.15, 0.2) is 170 Å². The van der Waals surface area contributed by atoms with Crippen molar-refractivity contribution in [1.82, 2.24) is 19.5 Å². The van der Waals surface area contributed by atoms with Gasteiger partial charge in [0, 0.05) is 27.5 Å². The molecule has 232 valence electrons. The predicted molar refractivity (Wildman–Crippen MR) is 201 cm³/mol. The smallest absolute Gasteiger partial charge is 0.238 e. The SMILES string of the molecule is c1ccc(-c2nc(-c3ccccc3)nc(-n3c4ccccc4c4ccc5c(c43)-c3ccccc3C53c4ccccc4-c4ccccc43)n2)cc1. The number of nitrogens with zero attached hydrogens (tertiary/aromatic N) is 4. The number of aromatic nitrogens is 4. The molecule has 0 saturated heterocycles. The molecule has 0 aliphatic heterocycles. The highest BCUT2D eigenvalue weighted by molar-refractivity contribution is 6.16. The summed E-state index contributed by atoms with van der Waals surface area (Å²) in [6.07, 6.45) is 0. The van der Waals surface area contributed by atoms with Crippen molar-refractivity contribution in [3.05, 3.63) is 192 Å². The fourth-order valence-corrected chi connectivity index (χ4v) is 8.74. The van der Waals surface area contributed by atoms with Crippen LogP contribution in [0.5, 0.6) is 0 Å². The normalized spacial score (nSPS) is 13.4. The molecule has 0 atom stereocenters. The monoisotopic (exact) mass is 636 g/mol. The molecule has 11 rings (SSSR count). The van der Waals surface area contributed by atoms with E-state index in [1.54, 1.807) is 0 Å². The molecule has 9 aromatic rings. The van der Waals surface area contributed by atoms with Crippen LogP contribution in [0, 0.1) is 0 Å². The molecule has 4 heteroatoms. The second-order valence-electron chi connectivity index (χ2n) is 13.1. The summed E-state index contributed by atoms with van der Waals surface area (Å²) in [5, 5.41) is 2.34. The highest BCUT2D eigenvalue weighted by atomic mass is 15.2. The van der Waals surface area contributed by atoms with Gasteiger partial charge in [0.1, 0.15) is 0 Å². The van der Waals surface area contributed by atoms with Crippen LogP contribution < -0.4 is 0 Å². The lowest BCUT2D eigenvalue weighted by atomic mass is 9.70. The zero-order chi connectivity index (χ0) is 32.8. The maximum atomic E-state index is 5.25. The van der Waals surface area contributed by atoms with Crippen molar-refractivity contribution in [3.8, 4) is 51.0 Å². The van der Waals surface area contributed by atoms with Crippen LogP contribution >= 0.6 is 0 Å². The molecule has 50 heavy (non-hydrogen) atoms. The molecular formula is C46H28N4. The Labute approximate surface area is 289 Å². The first kappa shape index (κ1) is 27.3. The Morgan fingerprint density at radius 3 is 1.50 bits per heavy atom. The predicted octanol–water partition coefficient (Wildman–Crippen LogP) is 10.6. The van der Waals surface area contributed by atoms with Crippen molar-refractivity contribution in [2.75, 3.05) is 0 Å². The number of benzene rings is 7. The van der Waals surface area contributed by atoms with E-state index in [0.29, 0.717) is 17.6 Å². The summed E-state index contributed by atoms with van der Waals surface area (Å²) in [7, 11) is 0. The highest BCUT2D eigenvalue weighted by Crippen LogP contribution is 2.64. The van der Waals surface area contributed by atoms with Gasteiger partial charge in [-0.25, -0.2) is 4.98 Å². The maximum absolute atomic E-state index is 5.25. The molecule has 2 aliphatic carbocycles. The van der Waals surface area contributed by atoms with Gasteiger partial charge in [-0.05, 0) is 45.0 Å². The van der Waals surface area contributed by atoms with Crippen LogP contribution in [0.25, 0.3) is 72.8 Å². The van der Waals surface area contributed by atoms with Gasteiger partial charge < -0.3 is 0 Å². The average Bonchev–Trinajstić information content (AvgIpc) is 3.80. The Morgan fingerprint density at radius 1 is 0.380 bits per heavy atom. The molecule has 0 amide bonds. The van der Waals surface area contributed by atoms with Crippen molar-refractivity contribution in [3.63, 3.8) is 0 Å². The lowest BCUT2D eigenvalue weighted by Gasteiger charge is -2.30. The molecule has 0 fully saturated rings. The largest absolute Gasteiger partial charge is 0.277 e. The number of hydrogen-bond acceptors (Lipinski definition) is 3. The molecule has 0 unspecified atom stereocenters. The van der Waals surface area contributed by atoms with Crippen molar-refractivity contribution >= 4 is 21.8 Å². The van der Waals surface area contributed by atoms with Gasteiger partial charge in [0.25, 0.3) is 0 Å². The van der Waals surface area contributed by atoms with Crippen molar-refractivity contribution < 1.29 is 0 Å². The molecule has 2 aromatic heterocycles. The number of para-hydroxylation sites is 1. The molecule has 0 bridgehead atoms. The van der Waals surface area contributed by atoms with E-state index in [2.05, 4.69) is 138 Å². The molecule has 4 nitrogen and oxygen atoms in total. The standard InChI is InChI=1S/C46H28N4/c1-3-15-29(16-4-1)43-47-44(30-17-5-2-6-18-30)49-45(48-43)50-40-26-14-10-21-33(40)34-27-28-39-41(42(34)50)35-22-9-13-25-38(35)46(39)36-23-11-7-19-31(36)32-20-8-12-24-37(32)46/h1-28H. The van der Waals surface area contributed by atoms with Gasteiger partial charge in [-0.2, -0.15) is 9.97 Å². The Hall–Kier alpha value is -6.65. The van der Waals surface area contributed by atoms with E-state index in [9.17, 15) is 0 Å². The molecule has 0 radical (unpaired) electrons. The fraction of sp³-hybridized carbons (Fsp3) is 0.0217. The van der Waals surface area contributed by atoms with Crippen molar-refractivity contribution in [2.24, 2.45) is 0 Å². The van der Waals surface area contributed by atoms with E-state index in [1.807, 2.05) is 36.4 Å². The summed E-state index contributed by atoms with van der Waals surface area (Å²) in [6.45, 7) is 0. The third kappa shape index (κ3) is 3.52. The van der Waals surface area contributed by atoms with Gasteiger partial charge in [0.2, 0.25) is 5.95 Å². The number of rotatable bonds is 3. The quantitative estimate of drug-likeness (QED) is 0.194. The fourth-order valence-electron chi connectivity index (χ4n) is 8.74. The molecule has 2 heterocycles. The molecule has 7 aromatic carbocycles. The number of hydrogen-bond donors (Lipinski definition) is 0. The average molecular weight is 637 g/mol. The van der Waals surface area contributed by atoms with E-state index in [0.717, 1.165) is 22.2 Å². The van der Waals surface area contributed by atoms with Crippen LogP contribution in [-0.2, 0) is 5.41 Å². The summed E-state index contributed by atoms with van der Waals surface area (Å²) >= 11 is 0. The number of fused-ring (bicyclic) bond motifs is 14. The van der Waals surface area contributed by atoms with Gasteiger partial charge in [0.15, 0.2) is 11.6 Å². The zero-order valence-electron chi connectivity index (χ0n) is 27.0. The van der Waals surface area contributed by atoms with Gasteiger partial charge in [0.05, 0.1) is 16.4 Å². The summed E-state index contributed by atoms with van der Waals surface area (Å²) in [5.74, 6) is 1.88. The van der Waals surface area contributed by atoms with E-state index in [1.165, 1.54) is 55.3 Å². The summed E-state index contributed by atoms with van der Waals surface area (Å²) in [5.41, 5.74) is 13.9. The molecule has 2 aliphatic rings. The van der Waals surface area contributed by atoms with E-state index in [-0.39, 0.29) is 0 Å². The van der Waals surface area contributed by atoms with Crippen LogP contribution in [0.1, 0.15) is 22.3 Å². The molecule has 0 saturated carbocycles. The zero-order valence-corrected chi connectivity index (χ0v) is 27.0. The first-order valence-electron chi connectivity index (χ1n) is 17.1. The van der Waals surface area contributed by atoms with Gasteiger partial charge >= 0.3 is 0 Å². The first-order valence-corrected chi connectivity index (χ1v) is 17.1. The van der Waals surface area contributed by atoms with E-state index >= 15 is 0 Å². The van der Waals surface area contributed by atoms with Crippen LogP contribution in [-0.4, -0.2) is 19.5 Å². The molecule has 1 spiro atoms. The third-order valence-electron chi connectivity index (χ3n) is 10.7. The van der Waals surface area contributed by atoms with Gasteiger partial charge in [-0.1, -0.05) is 164 Å². The van der Waals surface area contributed by atoms with Crippen LogP contribution in [0.4, 0.5) is 0 Å². The minimum atomic E-state index is -0.446. The van der Waals surface area contributed by atoms with E-state index < -0.39 is 5.41 Å². The Balaban J connectivity index is 1.30. The molecule has 0 N–H and O–H groups in total. The lowest BCUT2D eigenvalue weighted by molar-refractivity contribution is 0.794. The van der Waals surface area contributed by atoms with Gasteiger partial charge in [-0.3, -0.25) is 4.57 Å². The Bertz CT molecular complexity index is 2710. The van der Waals surface area contributed by atoms with Gasteiger partial charge in [-0.15, -0.1) is 0 Å². The van der Waals surface area contributed by atoms with Crippen LogP contribution in [0.3, 0.4) is 0 Å². The Kier molecular flexibility index (Phi) is 5.56. The summed E-state index contributed by atoms with van der Waals surface area (Å²) in [6, 6.07) is 60.6. The maximum Gasteiger partial charge on any atom is 0.238 e. The summed E-state index contributed by atoms with van der Waals surface area (Å²) in [4.78, 5) is 15.5. The lowest BCUT2D eigenvalue weighted by Crippen LogP contribution is -2.25. The summed E-state index contributed by atoms with van der Waals surface area (Å²) < 4.78 is 2.28. The minimum absolute atomic E-state index is 0.446. The van der Waals surface area contributed by atoms with Crippen molar-refractivity contribution in [2.45, 2.75) is 5.41 Å².